The number of fused-ring (bicyclic) bond motifs is 1. The predicted octanol–water partition coefficient (Wildman–Crippen LogP) is 4.73. The second kappa shape index (κ2) is 7.20. The molecule has 4 aromatic rings. The van der Waals surface area contributed by atoms with Crippen LogP contribution in [-0.4, -0.2) is 16.0 Å². The molecule has 0 unspecified atom stereocenters. The Balaban J connectivity index is 1.41. The van der Waals surface area contributed by atoms with Crippen LogP contribution in [0.25, 0.3) is 10.2 Å². The van der Waals surface area contributed by atoms with Gasteiger partial charge in [0.05, 0.1) is 21.5 Å². The first-order valence-electron chi connectivity index (χ1n) is 8.41. The Labute approximate surface area is 159 Å². The van der Waals surface area contributed by atoms with E-state index in [4.69, 9.17) is 9.26 Å². The lowest BCUT2D eigenvalue weighted by atomic mass is 10.2. The quantitative estimate of drug-likeness (QED) is 0.542. The largest absolute Gasteiger partial charge is 0.489 e. The van der Waals surface area contributed by atoms with Crippen LogP contribution in [0.5, 0.6) is 5.75 Å². The SMILES string of the molecule is Cc1noc(C)c1COc1ccc(C(=O)Nc2nc3ccccc3s2)cc1. The first-order chi connectivity index (χ1) is 13.1. The van der Waals surface area contributed by atoms with E-state index in [0.29, 0.717) is 23.1 Å². The van der Waals surface area contributed by atoms with Gasteiger partial charge in [-0.25, -0.2) is 4.98 Å². The number of benzene rings is 2. The molecule has 136 valence electrons. The normalized spacial score (nSPS) is 10.9. The maximum absolute atomic E-state index is 12.4. The van der Waals surface area contributed by atoms with Crippen LogP contribution in [0.3, 0.4) is 0 Å². The van der Waals surface area contributed by atoms with Gasteiger partial charge in [0.25, 0.3) is 5.91 Å². The summed E-state index contributed by atoms with van der Waals surface area (Å²) in [4.78, 5) is 16.8. The van der Waals surface area contributed by atoms with Gasteiger partial charge in [0.1, 0.15) is 18.1 Å². The minimum atomic E-state index is -0.202. The summed E-state index contributed by atoms with van der Waals surface area (Å²) in [7, 11) is 0. The van der Waals surface area contributed by atoms with Crippen molar-refractivity contribution >= 4 is 32.6 Å². The van der Waals surface area contributed by atoms with Crippen molar-refractivity contribution in [2.24, 2.45) is 0 Å². The first kappa shape index (κ1) is 17.2. The third-order valence-corrected chi connectivity index (χ3v) is 5.15. The van der Waals surface area contributed by atoms with Crippen LogP contribution >= 0.6 is 11.3 Å². The summed E-state index contributed by atoms with van der Waals surface area (Å²) in [6, 6.07) is 14.8. The van der Waals surface area contributed by atoms with Gasteiger partial charge >= 0.3 is 0 Å². The molecule has 0 fully saturated rings. The van der Waals surface area contributed by atoms with E-state index >= 15 is 0 Å². The zero-order valence-electron chi connectivity index (χ0n) is 14.9. The highest BCUT2D eigenvalue weighted by Gasteiger charge is 2.12. The molecular formula is C20H17N3O3S. The van der Waals surface area contributed by atoms with Crippen molar-refractivity contribution < 1.29 is 14.1 Å². The number of para-hydroxylation sites is 1. The molecule has 27 heavy (non-hydrogen) atoms. The molecule has 2 aromatic carbocycles. The van der Waals surface area contributed by atoms with Crippen molar-refractivity contribution in [2.75, 3.05) is 5.32 Å². The summed E-state index contributed by atoms with van der Waals surface area (Å²) in [5, 5.41) is 7.34. The smallest absolute Gasteiger partial charge is 0.257 e. The summed E-state index contributed by atoms with van der Waals surface area (Å²) in [6.07, 6.45) is 0. The van der Waals surface area contributed by atoms with Gasteiger partial charge in [-0.3, -0.25) is 10.1 Å². The fourth-order valence-electron chi connectivity index (χ4n) is 2.66. The molecule has 0 radical (unpaired) electrons. The summed E-state index contributed by atoms with van der Waals surface area (Å²) in [6.45, 7) is 4.11. The maximum Gasteiger partial charge on any atom is 0.257 e. The lowest BCUT2D eigenvalue weighted by molar-refractivity contribution is 0.102. The number of amides is 1. The fraction of sp³-hybridized carbons (Fsp3) is 0.150. The molecule has 0 spiro atoms. The van der Waals surface area contributed by atoms with E-state index in [2.05, 4.69) is 15.5 Å². The minimum absolute atomic E-state index is 0.202. The van der Waals surface area contributed by atoms with Crippen molar-refractivity contribution in [1.29, 1.82) is 0 Å². The molecule has 0 saturated carbocycles. The lowest BCUT2D eigenvalue weighted by Crippen LogP contribution is -2.11. The zero-order chi connectivity index (χ0) is 18.8. The molecule has 1 amide bonds. The van der Waals surface area contributed by atoms with Crippen molar-refractivity contribution in [3.8, 4) is 5.75 Å². The van der Waals surface area contributed by atoms with Crippen molar-refractivity contribution in [3.05, 3.63) is 71.1 Å². The number of carbonyl (C=O) groups excluding carboxylic acids is 1. The van der Waals surface area contributed by atoms with E-state index in [-0.39, 0.29) is 5.91 Å². The average molecular weight is 379 g/mol. The van der Waals surface area contributed by atoms with Gasteiger partial charge in [-0.05, 0) is 50.2 Å². The molecule has 0 aliphatic carbocycles. The number of anilines is 1. The Bertz CT molecular complexity index is 1050. The molecule has 2 heterocycles. The minimum Gasteiger partial charge on any atom is -0.489 e. The van der Waals surface area contributed by atoms with Crippen molar-refractivity contribution in [2.45, 2.75) is 20.5 Å². The van der Waals surface area contributed by atoms with Gasteiger partial charge in [0.15, 0.2) is 5.13 Å². The fourth-order valence-corrected chi connectivity index (χ4v) is 3.52. The number of aryl methyl sites for hydroxylation is 2. The van der Waals surface area contributed by atoms with Crippen LogP contribution in [0, 0.1) is 13.8 Å². The molecule has 0 aliphatic heterocycles. The summed E-state index contributed by atoms with van der Waals surface area (Å²) in [5.41, 5.74) is 3.17. The van der Waals surface area contributed by atoms with Gasteiger partial charge in [-0.15, -0.1) is 0 Å². The Kier molecular flexibility index (Phi) is 4.60. The molecule has 6 nitrogen and oxygen atoms in total. The molecule has 2 aromatic heterocycles. The van der Waals surface area contributed by atoms with Gasteiger partial charge in [-0.2, -0.15) is 0 Å². The predicted molar refractivity (Wildman–Crippen MR) is 104 cm³/mol. The van der Waals surface area contributed by atoms with Gasteiger partial charge < -0.3 is 9.26 Å². The van der Waals surface area contributed by atoms with E-state index < -0.39 is 0 Å². The number of nitrogens with zero attached hydrogens (tertiary/aromatic N) is 2. The standard InChI is InChI=1S/C20H17N3O3S/c1-12-16(13(2)26-23-12)11-25-15-9-7-14(8-10-15)19(24)22-20-21-17-5-3-4-6-18(17)27-20/h3-10H,11H2,1-2H3,(H,21,22,24). The van der Waals surface area contributed by atoms with E-state index in [1.807, 2.05) is 38.1 Å². The zero-order valence-corrected chi connectivity index (χ0v) is 15.7. The van der Waals surface area contributed by atoms with Crippen LogP contribution in [-0.2, 0) is 6.61 Å². The Hall–Kier alpha value is -3.19. The van der Waals surface area contributed by atoms with Crippen molar-refractivity contribution in [3.63, 3.8) is 0 Å². The maximum atomic E-state index is 12.4. The number of hydrogen-bond acceptors (Lipinski definition) is 6. The second-order valence-electron chi connectivity index (χ2n) is 6.06. The van der Waals surface area contributed by atoms with E-state index in [0.717, 1.165) is 27.2 Å². The van der Waals surface area contributed by atoms with Crippen LogP contribution in [0.4, 0.5) is 5.13 Å². The van der Waals surface area contributed by atoms with Crippen LogP contribution in [0.1, 0.15) is 27.4 Å². The summed E-state index contributed by atoms with van der Waals surface area (Å²) in [5.74, 6) is 1.22. The highest BCUT2D eigenvalue weighted by molar-refractivity contribution is 7.22. The number of carbonyl (C=O) groups is 1. The third kappa shape index (κ3) is 3.68. The molecule has 0 saturated heterocycles. The molecule has 0 bridgehead atoms. The van der Waals surface area contributed by atoms with Gasteiger partial charge in [-0.1, -0.05) is 28.6 Å². The van der Waals surface area contributed by atoms with Gasteiger partial charge in [0.2, 0.25) is 0 Å². The monoisotopic (exact) mass is 379 g/mol. The van der Waals surface area contributed by atoms with Crippen LogP contribution < -0.4 is 10.1 Å². The van der Waals surface area contributed by atoms with E-state index in [9.17, 15) is 4.79 Å². The lowest BCUT2D eigenvalue weighted by Gasteiger charge is -2.07. The number of nitrogens with one attached hydrogen (secondary N) is 1. The Morgan fingerprint density at radius 2 is 1.93 bits per heavy atom. The Morgan fingerprint density at radius 3 is 2.63 bits per heavy atom. The first-order valence-corrected chi connectivity index (χ1v) is 9.23. The number of thiazole rings is 1. The highest BCUT2D eigenvalue weighted by atomic mass is 32.1. The number of aromatic nitrogens is 2. The number of rotatable bonds is 5. The molecule has 7 heteroatoms. The molecule has 4 rings (SSSR count). The molecular weight excluding hydrogens is 362 g/mol. The van der Waals surface area contributed by atoms with E-state index in [1.165, 1.54) is 11.3 Å². The Morgan fingerprint density at radius 1 is 1.15 bits per heavy atom. The van der Waals surface area contributed by atoms with Crippen LogP contribution in [0.2, 0.25) is 0 Å². The average Bonchev–Trinajstić information content (AvgIpc) is 3.23. The van der Waals surface area contributed by atoms with Crippen molar-refractivity contribution in [1.82, 2.24) is 10.1 Å². The van der Waals surface area contributed by atoms with E-state index in [1.54, 1.807) is 24.3 Å². The number of ether oxygens (including phenoxy) is 1. The molecule has 0 aliphatic rings. The van der Waals surface area contributed by atoms with Gasteiger partial charge in [0, 0.05) is 5.56 Å². The third-order valence-electron chi connectivity index (χ3n) is 4.20. The molecule has 0 atom stereocenters. The number of hydrogen-bond donors (Lipinski definition) is 1. The summed E-state index contributed by atoms with van der Waals surface area (Å²) < 4.78 is 11.9. The van der Waals surface area contributed by atoms with Crippen LogP contribution in [0.15, 0.2) is 53.1 Å². The molecule has 1 N–H and O–H groups in total. The topological polar surface area (TPSA) is 77.2 Å². The second-order valence-corrected chi connectivity index (χ2v) is 7.09. The summed E-state index contributed by atoms with van der Waals surface area (Å²) >= 11 is 1.45. The highest BCUT2D eigenvalue weighted by Crippen LogP contribution is 2.26.